The smallest absolute Gasteiger partial charge is 0.349 e. The summed E-state index contributed by atoms with van der Waals surface area (Å²) in [5, 5.41) is 13.4. The van der Waals surface area contributed by atoms with Crippen molar-refractivity contribution in [3.8, 4) is 16.9 Å². The highest BCUT2D eigenvalue weighted by atomic mass is 19.3. The summed E-state index contributed by atoms with van der Waals surface area (Å²) in [5.74, 6) is -6.44. The zero-order chi connectivity index (χ0) is 27.6. The van der Waals surface area contributed by atoms with Gasteiger partial charge in [0.1, 0.15) is 11.9 Å². The van der Waals surface area contributed by atoms with Crippen molar-refractivity contribution >= 4 is 5.91 Å². The van der Waals surface area contributed by atoms with Crippen LogP contribution in [0.1, 0.15) is 42.9 Å². The van der Waals surface area contributed by atoms with E-state index in [2.05, 4.69) is 5.32 Å². The third-order valence-electron chi connectivity index (χ3n) is 7.18. The van der Waals surface area contributed by atoms with Gasteiger partial charge in [-0.05, 0) is 79.7 Å². The number of amides is 1. The molecule has 39 heavy (non-hydrogen) atoms. The number of aliphatic hydroxyl groups excluding tert-OH is 1. The molecule has 3 aromatic carbocycles. The topological polar surface area (TPSA) is 61.8 Å². The second-order valence-electron chi connectivity index (χ2n) is 10.2. The van der Waals surface area contributed by atoms with Gasteiger partial charge in [-0.15, -0.1) is 0 Å². The van der Waals surface area contributed by atoms with Gasteiger partial charge in [-0.2, -0.15) is 8.78 Å². The monoisotopic (exact) mass is 542 g/mol. The van der Waals surface area contributed by atoms with Gasteiger partial charge in [0.2, 0.25) is 0 Å². The van der Waals surface area contributed by atoms with Crippen molar-refractivity contribution in [3.63, 3.8) is 0 Å². The van der Waals surface area contributed by atoms with Crippen LogP contribution in [-0.4, -0.2) is 47.7 Å². The highest BCUT2D eigenvalue weighted by Crippen LogP contribution is 2.33. The van der Waals surface area contributed by atoms with E-state index in [1.54, 1.807) is 0 Å². The molecule has 1 saturated heterocycles. The maximum Gasteiger partial charge on any atom is 0.349 e. The molecule has 1 heterocycles. The van der Waals surface area contributed by atoms with Crippen LogP contribution in [0, 0.1) is 11.6 Å². The Hall–Kier alpha value is -3.43. The van der Waals surface area contributed by atoms with E-state index in [9.17, 15) is 18.7 Å². The highest BCUT2D eigenvalue weighted by molar-refractivity contribution is 5.85. The minimum Gasteiger partial charge on any atom is -0.487 e. The Balaban J connectivity index is 1.33. The SMILES string of the molecule is O=C(N[C@H](CN1CCCC1)[C@H](O)c1ccc(OC2CC2)c(F)c1)C(F)(F)c1ccc(-c2ccc(F)cc2)cc1. The van der Waals surface area contributed by atoms with Crippen molar-refractivity contribution < 1.29 is 32.2 Å². The standard InChI is InChI=1S/C30H30F4N2O3/c31-23-10-5-20(6-11-23)19-3-8-22(9-4-19)30(33,34)29(38)35-26(18-36-15-1-2-16-36)28(37)21-7-14-27(25(32)17-21)39-24-12-13-24/h3-11,14,17,24,26,28,37H,1-2,12-13,15-16,18H2,(H,35,38)/t26-,28-/m1/s1. The van der Waals surface area contributed by atoms with Gasteiger partial charge in [-0.1, -0.05) is 42.5 Å². The van der Waals surface area contributed by atoms with Crippen molar-refractivity contribution in [2.24, 2.45) is 0 Å². The number of benzene rings is 3. The van der Waals surface area contributed by atoms with Gasteiger partial charge >= 0.3 is 5.92 Å². The fourth-order valence-electron chi connectivity index (χ4n) is 4.77. The minimum atomic E-state index is -3.89. The Morgan fingerprint density at radius 2 is 1.59 bits per heavy atom. The maximum atomic E-state index is 15.3. The quantitative estimate of drug-likeness (QED) is 0.329. The van der Waals surface area contributed by atoms with E-state index in [1.165, 1.54) is 48.5 Å². The lowest BCUT2D eigenvalue weighted by Crippen LogP contribution is -2.51. The molecule has 5 rings (SSSR count). The minimum absolute atomic E-state index is 0.00976. The van der Waals surface area contributed by atoms with Crippen LogP contribution in [0.15, 0.2) is 66.7 Å². The summed E-state index contributed by atoms with van der Waals surface area (Å²) in [7, 11) is 0. The molecule has 0 bridgehead atoms. The van der Waals surface area contributed by atoms with Crippen molar-refractivity contribution in [1.29, 1.82) is 0 Å². The Morgan fingerprint density at radius 1 is 0.974 bits per heavy atom. The van der Waals surface area contributed by atoms with E-state index in [1.807, 2.05) is 4.90 Å². The molecule has 2 aliphatic rings. The number of hydrogen-bond acceptors (Lipinski definition) is 4. The third kappa shape index (κ3) is 6.42. The van der Waals surface area contributed by atoms with Gasteiger partial charge in [0.15, 0.2) is 11.6 Å². The zero-order valence-corrected chi connectivity index (χ0v) is 21.3. The molecule has 0 aromatic heterocycles. The summed E-state index contributed by atoms with van der Waals surface area (Å²) in [6.07, 6.45) is 2.14. The normalized spacial score (nSPS) is 17.6. The number of halogens is 4. The summed E-state index contributed by atoms with van der Waals surface area (Å²) in [5.41, 5.74) is 0.874. The fraction of sp³-hybridized carbons (Fsp3) is 0.367. The van der Waals surface area contributed by atoms with Crippen LogP contribution in [0.5, 0.6) is 5.75 Å². The average Bonchev–Trinajstić information content (AvgIpc) is 3.61. The second-order valence-corrected chi connectivity index (χ2v) is 10.2. The first-order valence-corrected chi connectivity index (χ1v) is 13.1. The number of likely N-dealkylation sites (tertiary alicyclic amines) is 1. The van der Waals surface area contributed by atoms with Gasteiger partial charge in [-0.3, -0.25) is 4.79 Å². The molecular weight excluding hydrogens is 512 g/mol. The van der Waals surface area contributed by atoms with Gasteiger partial charge in [0.25, 0.3) is 5.91 Å². The summed E-state index contributed by atoms with van der Waals surface area (Å²) in [6, 6.07) is 13.7. The number of rotatable bonds is 10. The number of nitrogens with one attached hydrogen (secondary N) is 1. The van der Waals surface area contributed by atoms with Gasteiger partial charge < -0.3 is 20.1 Å². The fourth-order valence-corrected chi connectivity index (χ4v) is 4.77. The van der Waals surface area contributed by atoms with E-state index in [4.69, 9.17) is 4.74 Å². The predicted octanol–water partition coefficient (Wildman–Crippen LogP) is 5.58. The average molecular weight is 543 g/mol. The van der Waals surface area contributed by atoms with Crippen LogP contribution in [0.2, 0.25) is 0 Å². The van der Waals surface area contributed by atoms with Crippen LogP contribution in [0.25, 0.3) is 11.1 Å². The van der Waals surface area contributed by atoms with E-state index < -0.39 is 41.2 Å². The maximum absolute atomic E-state index is 15.3. The van der Waals surface area contributed by atoms with Crippen molar-refractivity contribution in [2.45, 2.75) is 49.9 Å². The Bertz CT molecular complexity index is 1290. The van der Waals surface area contributed by atoms with E-state index in [-0.39, 0.29) is 24.0 Å². The Labute approximate surface area is 224 Å². The van der Waals surface area contributed by atoms with E-state index >= 15 is 8.78 Å². The largest absolute Gasteiger partial charge is 0.487 e. The molecule has 2 atom stereocenters. The zero-order valence-electron chi connectivity index (χ0n) is 21.3. The first-order chi connectivity index (χ1) is 18.7. The Kier molecular flexibility index (Phi) is 7.91. The summed E-state index contributed by atoms with van der Waals surface area (Å²) < 4.78 is 63.9. The third-order valence-corrected chi connectivity index (χ3v) is 7.18. The predicted molar refractivity (Wildman–Crippen MR) is 138 cm³/mol. The second kappa shape index (κ2) is 11.4. The number of carbonyl (C=O) groups excluding carboxylic acids is 1. The van der Waals surface area contributed by atoms with Crippen molar-refractivity contribution in [3.05, 3.63) is 89.5 Å². The molecule has 2 N–H and O–H groups in total. The number of carbonyl (C=O) groups is 1. The van der Waals surface area contributed by atoms with Gasteiger partial charge in [-0.25, -0.2) is 8.78 Å². The summed E-state index contributed by atoms with van der Waals surface area (Å²) in [4.78, 5) is 14.9. The van der Waals surface area contributed by atoms with Crippen molar-refractivity contribution in [1.82, 2.24) is 10.2 Å². The molecule has 5 nitrogen and oxygen atoms in total. The number of alkyl halides is 2. The number of nitrogens with zero attached hydrogens (tertiary/aromatic N) is 1. The molecule has 9 heteroatoms. The first kappa shape index (κ1) is 27.1. The number of ether oxygens (including phenoxy) is 1. The lowest BCUT2D eigenvalue weighted by molar-refractivity contribution is -0.149. The molecular formula is C30H30F4N2O3. The Morgan fingerprint density at radius 3 is 2.18 bits per heavy atom. The molecule has 0 radical (unpaired) electrons. The number of hydrogen-bond donors (Lipinski definition) is 2. The molecule has 1 aliphatic carbocycles. The lowest BCUT2D eigenvalue weighted by Gasteiger charge is -2.30. The molecule has 1 aliphatic heterocycles. The lowest BCUT2D eigenvalue weighted by atomic mass is 9.99. The first-order valence-electron chi connectivity index (χ1n) is 13.1. The molecule has 0 spiro atoms. The highest BCUT2D eigenvalue weighted by Gasteiger charge is 2.43. The number of aliphatic hydroxyl groups is 1. The van der Waals surface area contributed by atoms with Crippen LogP contribution in [-0.2, 0) is 10.7 Å². The molecule has 206 valence electrons. The van der Waals surface area contributed by atoms with Crippen LogP contribution < -0.4 is 10.1 Å². The molecule has 1 saturated carbocycles. The molecule has 1 amide bonds. The molecule has 0 unspecified atom stereocenters. The van der Waals surface area contributed by atoms with Crippen LogP contribution >= 0.6 is 0 Å². The molecule has 2 fully saturated rings. The van der Waals surface area contributed by atoms with E-state index in [0.29, 0.717) is 24.2 Å². The van der Waals surface area contributed by atoms with Gasteiger partial charge in [0, 0.05) is 12.1 Å². The van der Waals surface area contributed by atoms with Crippen LogP contribution in [0.4, 0.5) is 17.6 Å². The summed E-state index contributed by atoms with van der Waals surface area (Å²) in [6.45, 7) is 1.56. The van der Waals surface area contributed by atoms with Gasteiger partial charge in [0.05, 0.1) is 12.1 Å². The summed E-state index contributed by atoms with van der Waals surface area (Å²) >= 11 is 0. The van der Waals surface area contributed by atoms with Crippen LogP contribution in [0.3, 0.4) is 0 Å². The molecule has 3 aromatic rings. The van der Waals surface area contributed by atoms with E-state index in [0.717, 1.165) is 43.9 Å². The van der Waals surface area contributed by atoms with Crippen molar-refractivity contribution in [2.75, 3.05) is 19.6 Å².